The maximum absolute atomic E-state index is 5.76. The minimum atomic E-state index is 0.403. The summed E-state index contributed by atoms with van der Waals surface area (Å²) in [5.41, 5.74) is 0. The standard InChI is InChI=1S/C12H24N2O/c1-10(2)14-5-6-15-12(9-14)8-13-7-11-3-4-11/h10-13H,3-9H2,1-2H3. The third kappa shape index (κ3) is 3.74. The van der Waals surface area contributed by atoms with Crippen molar-refractivity contribution in [2.24, 2.45) is 5.92 Å². The Labute approximate surface area is 93.2 Å². The Morgan fingerprint density at radius 2 is 2.13 bits per heavy atom. The molecular weight excluding hydrogens is 188 g/mol. The molecule has 2 rings (SSSR count). The van der Waals surface area contributed by atoms with Gasteiger partial charge in [0.2, 0.25) is 0 Å². The molecule has 2 fully saturated rings. The van der Waals surface area contributed by atoms with Crippen molar-refractivity contribution in [3.63, 3.8) is 0 Å². The number of rotatable bonds is 5. The number of hydrogen-bond donors (Lipinski definition) is 1. The Morgan fingerprint density at radius 3 is 2.80 bits per heavy atom. The van der Waals surface area contributed by atoms with Crippen molar-refractivity contribution >= 4 is 0 Å². The minimum absolute atomic E-state index is 0.403. The van der Waals surface area contributed by atoms with Crippen molar-refractivity contribution in [3.8, 4) is 0 Å². The van der Waals surface area contributed by atoms with Gasteiger partial charge in [-0.3, -0.25) is 4.90 Å². The van der Waals surface area contributed by atoms with E-state index in [9.17, 15) is 0 Å². The maximum atomic E-state index is 5.76. The predicted molar refractivity (Wildman–Crippen MR) is 62.0 cm³/mol. The van der Waals surface area contributed by atoms with Crippen molar-refractivity contribution in [1.82, 2.24) is 10.2 Å². The number of ether oxygens (including phenoxy) is 1. The molecule has 0 bridgehead atoms. The van der Waals surface area contributed by atoms with Crippen LogP contribution in [0, 0.1) is 5.92 Å². The van der Waals surface area contributed by atoms with Crippen LogP contribution in [0.5, 0.6) is 0 Å². The first-order valence-corrected chi connectivity index (χ1v) is 6.32. The molecule has 1 unspecified atom stereocenters. The van der Waals surface area contributed by atoms with Gasteiger partial charge in [0, 0.05) is 25.7 Å². The minimum Gasteiger partial charge on any atom is -0.374 e. The van der Waals surface area contributed by atoms with E-state index in [1.165, 1.54) is 19.4 Å². The molecule has 1 aliphatic heterocycles. The second-order valence-electron chi connectivity index (χ2n) is 5.18. The van der Waals surface area contributed by atoms with Crippen LogP contribution in [0.2, 0.25) is 0 Å². The molecule has 0 spiro atoms. The van der Waals surface area contributed by atoms with E-state index in [0.717, 1.165) is 32.2 Å². The fraction of sp³-hybridized carbons (Fsp3) is 1.00. The molecule has 3 heteroatoms. The molecule has 1 aliphatic carbocycles. The monoisotopic (exact) mass is 212 g/mol. The number of morpholine rings is 1. The van der Waals surface area contributed by atoms with Gasteiger partial charge in [0.05, 0.1) is 12.7 Å². The van der Waals surface area contributed by atoms with Crippen LogP contribution in [0.3, 0.4) is 0 Å². The summed E-state index contributed by atoms with van der Waals surface area (Å²) >= 11 is 0. The van der Waals surface area contributed by atoms with Crippen molar-refractivity contribution in [2.45, 2.75) is 38.8 Å². The number of nitrogens with one attached hydrogen (secondary N) is 1. The van der Waals surface area contributed by atoms with Crippen LogP contribution in [0.1, 0.15) is 26.7 Å². The molecule has 15 heavy (non-hydrogen) atoms. The summed E-state index contributed by atoms with van der Waals surface area (Å²) in [4.78, 5) is 2.51. The highest BCUT2D eigenvalue weighted by molar-refractivity contribution is 4.79. The van der Waals surface area contributed by atoms with Gasteiger partial charge in [0.15, 0.2) is 0 Å². The van der Waals surface area contributed by atoms with Gasteiger partial charge in [-0.2, -0.15) is 0 Å². The normalized spacial score (nSPS) is 28.6. The van der Waals surface area contributed by atoms with Crippen LogP contribution in [0.25, 0.3) is 0 Å². The van der Waals surface area contributed by atoms with Crippen molar-refractivity contribution < 1.29 is 4.74 Å². The Morgan fingerprint density at radius 1 is 1.33 bits per heavy atom. The van der Waals surface area contributed by atoms with Gasteiger partial charge in [0.1, 0.15) is 0 Å². The molecule has 0 aromatic heterocycles. The van der Waals surface area contributed by atoms with E-state index in [-0.39, 0.29) is 0 Å². The Balaban J connectivity index is 1.62. The molecule has 3 nitrogen and oxygen atoms in total. The van der Waals surface area contributed by atoms with Crippen molar-refractivity contribution in [3.05, 3.63) is 0 Å². The summed E-state index contributed by atoms with van der Waals surface area (Å²) < 4.78 is 5.76. The lowest BCUT2D eigenvalue weighted by atomic mass is 10.2. The van der Waals surface area contributed by atoms with Crippen LogP contribution < -0.4 is 5.32 Å². The topological polar surface area (TPSA) is 24.5 Å². The van der Waals surface area contributed by atoms with Crippen LogP contribution in [-0.4, -0.2) is 49.8 Å². The van der Waals surface area contributed by atoms with Crippen LogP contribution in [0.4, 0.5) is 0 Å². The number of nitrogens with zero attached hydrogens (tertiary/aromatic N) is 1. The van der Waals surface area contributed by atoms with Gasteiger partial charge in [0.25, 0.3) is 0 Å². The Bertz CT molecular complexity index is 192. The zero-order valence-corrected chi connectivity index (χ0v) is 10.0. The fourth-order valence-corrected chi connectivity index (χ4v) is 2.11. The fourth-order valence-electron chi connectivity index (χ4n) is 2.11. The summed E-state index contributed by atoms with van der Waals surface area (Å²) in [6, 6.07) is 0.653. The average Bonchev–Trinajstić information content (AvgIpc) is 3.02. The summed E-state index contributed by atoms with van der Waals surface area (Å²) in [5.74, 6) is 0.967. The van der Waals surface area contributed by atoms with Gasteiger partial charge in [-0.15, -0.1) is 0 Å². The molecule has 0 aromatic rings. The molecule has 1 atom stereocenters. The highest BCUT2D eigenvalue weighted by Gasteiger charge is 2.24. The first-order valence-electron chi connectivity index (χ1n) is 6.32. The highest BCUT2D eigenvalue weighted by atomic mass is 16.5. The average molecular weight is 212 g/mol. The van der Waals surface area contributed by atoms with E-state index >= 15 is 0 Å². The van der Waals surface area contributed by atoms with Gasteiger partial charge in [-0.1, -0.05) is 0 Å². The molecule has 88 valence electrons. The number of hydrogen-bond acceptors (Lipinski definition) is 3. The summed E-state index contributed by atoms with van der Waals surface area (Å²) in [6.45, 7) is 9.83. The second-order valence-corrected chi connectivity index (χ2v) is 5.18. The Kier molecular flexibility index (Phi) is 4.00. The first kappa shape index (κ1) is 11.4. The lowest BCUT2D eigenvalue weighted by Gasteiger charge is -2.35. The van der Waals surface area contributed by atoms with Crippen LogP contribution >= 0.6 is 0 Å². The molecule has 0 aromatic carbocycles. The van der Waals surface area contributed by atoms with Gasteiger partial charge < -0.3 is 10.1 Å². The third-order valence-electron chi connectivity index (χ3n) is 3.40. The third-order valence-corrected chi connectivity index (χ3v) is 3.40. The first-order chi connectivity index (χ1) is 7.25. The quantitative estimate of drug-likeness (QED) is 0.738. The molecule has 2 aliphatic rings. The van der Waals surface area contributed by atoms with E-state index in [4.69, 9.17) is 4.74 Å². The van der Waals surface area contributed by atoms with Gasteiger partial charge in [-0.25, -0.2) is 0 Å². The SMILES string of the molecule is CC(C)N1CCOC(CNCC2CC2)C1. The smallest absolute Gasteiger partial charge is 0.0826 e. The molecule has 0 amide bonds. The van der Waals surface area contributed by atoms with Crippen molar-refractivity contribution in [2.75, 3.05) is 32.8 Å². The highest BCUT2D eigenvalue weighted by Crippen LogP contribution is 2.27. The van der Waals surface area contributed by atoms with E-state index < -0.39 is 0 Å². The molecule has 1 N–H and O–H groups in total. The van der Waals surface area contributed by atoms with Gasteiger partial charge >= 0.3 is 0 Å². The molecule has 0 radical (unpaired) electrons. The summed E-state index contributed by atoms with van der Waals surface area (Å²) in [5, 5.41) is 3.52. The zero-order valence-electron chi connectivity index (χ0n) is 10.0. The Hall–Kier alpha value is -0.120. The largest absolute Gasteiger partial charge is 0.374 e. The van der Waals surface area contributed by atoms with Gasteiger partial charge in [-0.05, 0) is 39.2 Å². The lowest BCUT2D eigenvalue weighted by molar-refractivity contribution is -0.0371. The van der Waals surface area contributed by atoms with Crippen LogP contribution in [0.15, 0.2) is 0 Å². The van der Waals surface area contributed by atoms with E-state index in [1.807, 2.05) is 0 Å². The molecule has 1 saturated heterocycles. The lowest BCUT2D eigenvalue weighted by Crippen LogP contribution is -2.49. The summed E-state index contributed by atoms with van der Waals surface area (Å²) in [7, 11) is 0. The van der Waals surface area contributed by atoms with Crippen LogP contribution in [-0.2, 0) is 4.74 Å². The van der Waals surface area contributed by atoms with E-state index in [0.29, 0.717) is 12.1 Å². The molecular formula is C12H24N2O. The maximum Gasteiger partial charge on any atom is 0.0826 e. The van der Waals surface area contributed by atoms with E-state index in [1.54, 1.807) is 0 Å². The zero-order chi connectivity index (χ0) is 10.7. The van der Waals surface area contributed by atoms with E-state index in [2.05, 4.69) is 24.1 Å². The predicted octanol–water partition coefficient (Wildman–Crippen LogP) is 1.10. The van der Waals surface area contributed by atoms with Crippen molar-refractivity contribution in [1.29, 1.82) is 0 Å². The summed E-state index contributed by atoms with van der Waals surface area (Å²) in [6.07, 6.45) is 3.26. The molecule has 1 heterocycles. The second kappa shape index (κ2) is 5.28. The molecule has 1 saturated carbocycles.